The van der Waals surface area contributed by atoms with Gasteiger partial charge in [-0.1, -0.05) is 0 Å². The molecule has 15 heavy (non-hydrogen) atoms. The molecular weight excluding hydrogens is 210 g/mol. The highest BCUT2D eigenvalue weighted by Crippen LogP contribution is 2.27. The van der Waals surface area contributed by atoms with Gasteiger partial charge in [-0.2, -0.15) is 9.36 Å². The van der Waals surface area contributed by atoms with Gasteiger partial charge in [-0.3, -0.25) is 0 Å². The van der Waals surface area contributed by atoms with Gasteiger partial charge in [0.15, 0.2) is 5.82 Å². The average Bonchev–Trinajstić information content (AvgIpc) is 2.74. The molecule has 1 saturated carbocycles. The third kappa shape index (κ3) is 1.72. The number of aryl methyl sites for hydroxylation is 1. The van der Waals surface area contributed by atoms with Crippen molar-refractivity contribution in [3.05, 3.63) is 12.4 Å². The van der Waals surface area contributed by atoms with E-state index in [2.05, 4.69) is 19.7 Å². The lowest BCUT2D eigenvalue weighted by atomic mass is 10.6. The fourth-order valence-electron chi connectivity index (χ4n) is 1.36. The first-order chi connectivity index (χ1) is 7.33. The molecule has 0 spiro atoms. The van der Waals surface area contributed by atoms with Gasteiger partial charge in [0, 0.05) is 37.0 Å². The van der Waals surface area contributed by atoms with E-state index in [1.54, 1.807) is 6.20 Å². The molecule has 0 amide bonds. The summed E-state index contributed by atoms with van der Waals surface area (Å²) in [5, 5.41) is 4.22. The molecule has 1 fully saturated rings. The van der Waals surface area contributed by atoms with Crippen molar-refractivity contribution in [3.63, 3.8) is 0 Å². The summed E-state index contributed by atoms with van der Waals surface area (Å²) in [7, 11) is 1.94. The van der Waals surface area contributed by atoms with Gasteiger partial charge in [0.25, 0.3) is 0 Å². The zero-order valence-corrected chi connectivity index (χ0v) is 9.16. The van der Waals surface area contributed by atoms with Crippen molar-refractivity contribution in [3.8, 4) is 11.6 Å². The second-order valence-electron chi connectivity index (χ2n) is 3.70. The van der Waals surface area contributed by atoms with Crippen LogP contribution in [0.3, 0.4) is 0 Å². The zero-order valence-electron chi connectivity index (χ0n) is 8.34. The Balaban J connectivity index is 1.86. The van der Waals surface area contributed by atoms with Crippen molar-refractivity contribution < 1.29 is 0 Å². The van der Waals surface area contributed by atoms with E-state index in [0.29, 0.717) is 11.9 Å². The number of imidazole rings is 1. The van der Waals surface area contributed by atoms with Gasteiger partial charge < -0.3 is 9.88 Å². The smallest absolute Gasteiger partial charge is 0.210 e. The molecule has 6 heteroatoms. The third-order valence-electron chi connectivity index (χ3n) is 2.35. The van der Waals surface area contributed by atoms with Crippen molar-refractivity contribution in [2.45, 2.75) is 18.9 Å². The summed E-state index contributed by atoms with van der Waals surface area (Å²) in [6.07, 6.45) is 6.14. The maximum absolute atomic E-state index is 4.41. The average molecular weight is 221 g/mol. The highest BCUT2D eigenvalue weighted by Gasteiger charge is 2.22. The molecule has 0 atom stereocenters. The van der Waals surface area contributed by atoms with Crippen molar-refractivity contribution >= 4 is 16.7 Å². The molecule has 5 nitrogen and oxygen atoms in total. The topological polar surface area (TPSA) is 55.6 Å². The summed E-state index contributed by atoms with van der Waals surface area (Å²) in [5.41, 5.74) is 0. The zero-order chi connectivity index (χ0) is 10.3. The Bertz CT molecular complexity index is 470. The first-order valence-corrected chi connectivity index (χ1v) is 5.68. The fourth-order valence-corrected chi connectivity index (χ4v) is 2.00. The van der Waals surface area contributed by atoms with E-state index in [1.165, 1.54) is 24.4 Å². The first kappa shape index (κ1) is 8.84. The first-order valence-electron chi connectivity index (χ1n) is 4.91. The van der Waals surface area contributed by atoms with Crippen LogP contribution in [-0.2, 0) is 7.05 Å². The van der Waals surface area contributed by atoms with Crippen molar-refractivity contribution in [2.24, 2.45) is 7.05 Å². The Kier molecular flexibility index (Phi) is 1.95. The van der Waals surface area contributed by atoms with Crippen LogP contribution >= 0.6 is 11.5 Å². The van der Waals surface area contributed by atoms with E-state index in [-0.39, 0.29) is 0 Å². The Hall–Kier alpha value is -1.43. The molecule has 0 saturated heterocycles. The molecule has 2 aromatic heterocycles. The van der Waals surface area contributed by atoms with Gasteiger partial charge in [-0.25, -0.2) is 4.98 Å². The van der Waals surface area contributed by atoms with Gasteiger partial charge in [0.05, 0.1) is 0 Å². The summed E-state index contributed by atoms with van der Waals surface area (Å²) in [6.45, 7) is 0. The molecule has 0 bridgehead atoms. The van der Waals surface area contributed by atoms with E-state index in [9.17, 15) is 0 Å². The maximum atomic E-state index is 4.41. The number of nitrogens with zero attached hydrogens (tertiary/aromatic N) is 4. The molecule has 2 aromatic rings. The molecule has 0 radical (unpaired) electrons. The minimum Gasteiger partial charge on any atom is -0.358 e. The summed E-state index contributed by atoms with van der Waals surface area (Å²) in [6, 6.07) is 0.618. The number of aromatic nitrogens is 4. The van der Waals surface area contributed by atoms with Gasteiger partial charge in [0.1, 0.15) is 0 Å². The van der Waals surface area contributed by atoms with Crippen LogP contribution in [0, 0.1) is 0 Å². The Morgan fingerprint density at radius 3 is 3.07 bits per heavy atom. The molecule has 2 heterocycles. The van der Waals surface area contributed by atoms with Gasteiger partial charge in [-0.15, -0.1) is 0 Å². The normalized spacial score (nSPS) is 15.5. The molecule has 0 aromatic carbocycles. The van der Waals surface area contributed by atoms with E-state index in [1.807, 2.05) is 17.8 Å². The molecule has 0 aliphatic heterocycles. The summed E-state index contributed by atoms with van der Waals surface area (Å²) in [4.78, 5) is 8.62. The van der Waals surface area contributed by atoms with E-state index >= 15 is 0 Å². The minimum atomic E-state index is 0.618. The van der Waals surface area contributed by atoms with Crippen LogP contribution in [0.15, 0.2) is 12.4 Å². The highest BCUT2D eigenvalue weighted by molar-refractivity contribution is 7.09. The number of nitrogens with one attached hydrogen (secondary N) is 1. The summed E-state index contributed by atoms with van der Waals surface area (Å²) >= 11 is 1.40. The Morgan fingerprint density at radius 2 is 2.40 bits per heavy atom. The van der Waals surface area contributed by atoms with Crippen LogP contribution in [0.4, 0.5) is 5.13 Å². The number of anilines is 1. The molecular formula is C9H11N5S. The number of rotatable bonds is 3. The van der Waals surface area contributed by atoms with Crippen LogP contribution in [-0.4, -0.2) is 25.0 Å². The van der Waals surface area contributed by atoms with Gasteiger partial charge in [0.2, 0.25) is 11.0 Å². The van der Waals surface area contributed by atoms with Crippen molar-refractivity contribution in [1.29, 1.82) is 0 Å². The lowest BCUT2D eigenvalue weighted by Crippen LogP contribution is -2.00. The lowest BCUT2D eigenvalue weighted by molar-refractivity contribution is 0.913. The lowest BCUT2D eigenvalue weighted by Gasteiger charge is -1.96. The molecule has 3 rings (SSSR count). The van der Waals surface area contributed by atoms with E-state index in [4.69, 9.17) is 0 Å². The SMILES string of the molecule is Cn1ccnc1-c1nsc(NC2CC2)n1. The quantitative estimate of drug-likeness (QED) is 0.853. The van der Waals surface area contributed by atoms with E-state index < -0.39 is 0 Å². The van der Waals surface area contributed by atoms with Crippen molar-refractivity contribution in [2.75, 3.05) is 5.32 Å². The molecule has 1 aliphatic rings. The molecule has 1 N–H and O–H groups in total. The van der Waals surface area contributed by atoms with Crippen LogP contribution in [0.5, 0.6) is 0 Å². The largest absolute Gasteiger partial charge is 0.358 e. The molecule has 0 unspecified atom stereocenters. The Morgan fingerprint density at radius 1 is 1.53 bits per heavy atom. The van der Waals surface area contributed by atoms with Crippen molar-refractivity contribution in [1.82, 2.24) is 18.9 Å². The molecule has 78 valence electrons. The number of hydrogen-bond acceptors (Lipinski definition) is 5. The van der Waals surface area contributed by atoms with Crippen LogP contribution < -0.4 is 5.32 Å². The Labute approximate surface area is 91.4 Å². The second-order valence-corrected chi connectivity index (χ2v) is 4.46. The maximum Gasteiger partial charge on any atom is 0.210 e. The van der Waals surface area contributed by atoms with Crippen LogP contribution in [0.2, 0.25) is 0 Å². The second kappa shape index (κ2) is 3.30. The standard InChI is InChI=1S/C9H11N5S/c1-14-5-4-10-8(14)7-12-9(15-13-7)11-6-2-3-6/h4-6H,2-3H2,1H3,(H,11,12,13). The predicted octanol–water partition coefficient (Wildman–Crippen LogP) is 1.51. The minimum absolute atomic E-state index is 0.618. The van der Waals surface area contributed by atoms with E-state index in [0.717, 1.165) is 11.0 Å². The predicted molar refractivity (Wildman–Crippen MR) is 58.8 cm³/mol. The number of hydrogen-bond donors (Lipinski definition) is 1. The van der Waals surface area contributed by atoms with Gasteiger partial charge >= 0.3 is 0 Å². The summed E-state index contributed by atoms with van der Waals surface area (Å²) in [5.74, 6) is 1.52. The van der Waals surface area contributed by atoms with Crippen LogP contribution in [0.1, 0.15) is 12.8 Å². The summed E-state index contributed by atoms with van der Waals surface area (Å²) < 4.78 is 6.20. The highest BCUT2D eigenvalue weighted by atomic mass is 32.1. The molecule has 1 aliphatic carbocycles. The third-order valence-corrected chi connectivity index (χ3v) is 3.00. The van der Waals surface area contributed by atoms with Crippen LogP contribution in [0.25, 0.3) is 11.6 Å². The fraction of sp³-hybridized carbons (Fsp3) is 0.444. The monoisotopic (exact) mass is 221 g/mol. The van der Waals surface area contributed by atoms with Gasteiger partial charge in [-0.05, 0) is 12.8 Å².